The fourth-order valence-corrected chi connectivity index (χ4v) is 2.89. The Labute approximate surface area is 127 Å². The summed E-state index contributed by atoms with van der Waals surface area (Å²) >= 11 is 0. The molecule has 1 N–H and O–H groups in total. The topological polar surface area (TPSA) is 97.6 Å². The van der Waals surface area contributed by atoms with Crippen molar-refractivity contribution in [3.63, 3.8) is 0 Å². The zero-order valence-corrected chi connectivity index (χ0v) is 12.5. The minimum Gasteiger partial charge on any atom is -0.472 e. The Balaban J connectivity index is 2.08. The Kier molecular flexibility index (Phi) is 3.48. The van der Waals surface area contributed by atoms with Gasteiger partial charge in [-0.1, -0.05) is 0 Å². The smallest absolute Gasteiger partial charge is 0.366 e. The molecule has 8 heteroatoms. The van der Waals surface area contributed by atoms with Gasteiger partial charge in [-0.3, -0.25) is 9.69 Å². The standard InChI is InChI=1S/C14H18N4O4/c1-14(2)13(19)17(9-5-7-15-8-6-9)12-10(22-14)3-4-11(16-12)18(20)21/h3-4,9,15H,5-8H2,1-2H3. The number of carbonyl (C=O) groups excluding carboxylic acids is 1. The van der Waals surface area contributed by atoms with E-state index in [1.54, 1.807) is 18.7 Å². The number of rotatable bonds is 2. The fraction of sp³-hybridized carbons (Fsp3) is 0.571. The van der Waals surface area contributed by atoms with E-state index in [0.29, 0.717) is 5.75 Å². The van der Waals surface area contributed by atoms with Crippen LogP contribution in [0.2, 0.25) is 0 Å². The number of hydrogen-bond acceptors (Lipinski definition) is 6. The van der Waals surface area contributed by atoms with Crippen LogP contribution in [0.25, 0.3) is 0 Å². The Morgan fingerprint density at radius 1 is 1.41 bits per heavy atom. The Morgan fingerprint density at radius 3 is 2.73 bits per heavy atom. The van der Waals surface area contributed by atoms with E-state index in [0.717, 1.165) is 25.9 Å². The molecule has 1 aromatic heterocycles. The lowest BCUT2D eigenvalue weighted by atomic mass is 9.98. The highest BCUT2D eigenvalue weighted by Gasteiger charge is 2.47. The van der Waals surface area contributed by atoms with Gasteiger partial charge in [0.2, 0.25) is 0 Å². The third kappa shape index (κ3) is 2.39. The quantitative estimate of drug-likeness (QED) is 0.652. The molecule has 0 aromatic carbocycles. The fourth-order valence-electron chi connectivity index (χ4n) is 2.89. The van der Waals surface area contributed by atoms with Crippen molar-refractivity contribution in [1.82, 2.24) is 10.3 Å². The molecular weight excluding hydrogens is 288 g/mol. The van der Waals surface area contributed by atoms with Gasteiger partial charge in [-0.05, 0) is 55.8 Å². The van der Waals surface area contributed by atoms with Gasteiger partial charge in [-0.2, -0.15) is 0 Å². The van der Waals surface area contributed by atoms with Crippen LogP contribution in [0, 0.1) is 10.1 Å². The number of ether oxygens (including phenoxy) is 1. The molecule has 0 aliphatic carbocycles. The Bertz CT molecular complexity index is 625. The van der Waals surface area contributed by atoms with Crippen LogP contribution in [-0.2, 0) is 4.79 Å². The van der Waals surface area contributed by atoms with E-state index in [9.17, 15) is 14.9 Å². The van der Waals surface area contributed by atoms with Gasteiger partial charge in [0, 0.05) is 12.1 Å². The maximum Gasteiger partial charge on any atom is 0.366 e. The molecule has 1 aromatic rings. The Morgan fingerprint density at radius 2 is 2.09 bits per heavy atom. The number of nitro groups is 1. The summed E-state index contributed by atoms with van der Waals surface area (Å²) in [5.74, 6) is 0.174. The monoisotopic (exact) mass is 306 g/mol. The second-order valence-electron chi connectivity index (χ2n) is 6.02. The summed E-state index contributed by atoms with van der Waals surface area (Å²) in [5.41, 5.74) is -1.00. The van der Waals surface area contributed by atoms with Gasteiger partial charge in [-0.15, -0.1) is 0 Å². The van der Waals surface area contributed by atoms with E-state index in [-0.39, 0.29) is 23.6 Å². The van der Waals surface area contributed by atoms with Crippen LogP contribution in [0.15, 0.2) is 12.1 Å². The van der Waals surface area contributed by atoms with Gasteiger partial charge in [-0.25, -0.2) is 0 Å². The molecule has 118 valence electrons. The van der Waals surface area contributed by atoms with Gasteiger partial charge in [0.15, 0.2) is 11.4 Å². The number of carbonyl (C=O) groups is 1. The van der Waals surface area contributed by atoms with Gasteiger partial charge in [0.25, 0.3) is 11.7 Å². The number of anilines is 1. The molecule has 3 rings (SSSR count). The molecule has 8 nitrogen and oxygen atoms in total. The van der Waals surface area contributed by atoms with Gasteiger partial charge >= 0.3 is 5.82 Å². The van der Waals surface area contributed by atoms with E-state index >= 15 is 0 Å². The number of nitrogens with zero attached hydrogens (tertiary/aromatic N) is 3. The van der Waals surface area contributed by atoms with Crippen LogP contribution in [0.3, 0.4) is 0 Å². The molecule has 0 saturated carbocycles. The van der Waals surface area contributed by atoms with Crippen LogP contribution < -0.4 is 15.0 Å². The zero-order valence-electron chi connectivity index (χ0n) is 12.5. The highest BCUT2D eigenvalue weighted by molar-refractivity contribution is 6.02. The number of pyridine rings is 1. The second-order valence-corrected chi connectivity index (χ2v) is 6.02. The van der Waals surface area contributed by atoms with Crippen LogP contribution in [0.5, 0.6) is 5.75 Å². The van der Waals surface area contributed by atoms with Gasteiger partial charge in [0.05, 0.1) is 0 Å². The summed E-state index contributed by atoms with van der Waals surface area (Å²) in [6.07, 6.45) is 1.57. The first-order valence-electron chi connectivity index (χ1n) is 7.29. The molecule has 1 fully saturated rings. The predicted octanol–water partition coefficient (Wildman–Crippen LogP) is 1.25. The SMILES string of the molecule is CC1(C)Oc2ccc([N+](=O)[O-])nc2N(C2CCNCC2)C1=O. The maximum absolute atomic E-state index is 12.8. The number of aromatic nitrogens is 1. The molecule has 0 unspecified atom stereocenters. The molecule has 2 aliphatic heterocycles. The summed E-state index contributed by atoms with van der Waals surface area (Å²) in [5, 5.41) is 14.2. The molecular formula is C14H18N4O4. The lowest BCUT2D eigenvalue weighted by molar-refractivity contribution is -0.389. The molecule has 1 saturated heterocycles. The molecule has 0 bridgehead atoms. The number of hydrogen-bond donors (Lipinski definition) is 1. The normalized spacial score (nSPS) is 21.2. The number of amides is 1. The summed E-state index contributed by atoms with van der Waals surface area (Å²) in [4.78, 5) is 28.8. The van der Waals surface area contributed by atoms with E-state index in [1.165, 1.54) is 12.1 Å². The van der Waals surface area contributed by atoms with E-state index in [2.05, 4.69) is 10.3 Å². The van der Waals surface area contributed by atoms with Crippen molar-refractivity contribution < 1.29 is 14.5 Å². The zero-order chi connectivity index (χ0) is 15.9. The Hall–Kier alpha value is -2.22. The largest absolute Gasteiger partial charge is 0.472 e. The molecule has 3 heterocycles. The maximum atomic E-state index is 12.8. The number of fused-ring (bicyclic) bond motifs is 1. The van der Waals surface area contributed by atoms with Crippen LogP contribution in [0.1, 0.15) is 26.7 Å². The van der Waals surface area contributed by atoms with Crippen molar-refractivity contribution in [2.24, 2.45) is 0 Å². The van der Waals surface area contributed by atoms with Crippen molar-refractivity contribution in [3.8, 4) is 5.75 Å². The lowest BCUT2D eigenvalue weighted by Gasteiger charge is -2.41. The average Bonchev–Trinajstić information content (AvgIpc) is 2.48. The van der Waals surface area contributed by atoms with Crippen molar-refractivity contribution in [3.05, 3.63) is 22.2 Å². The van der Waals surface area contributed by atoms with Crippen molar-refractivity contribution >= 4 is 17.5 Å². The van der Waals surface area contributed by atoms with Crippen LogP contribution in [-0.4, -0.2) is 40.5 Å². The van der Waals surface area contributed by atoms with Gasteiger partial charge < -0.3 is 20.2 Å². The molecule has 0 spiro atoms. The molecule has 1 amide bonds. The number of nitrogens with one attached hydrogen (secondary N) is 1. The molecule has 0 radical (unpaired) electrons. The third-order valence-corrected chi connectivity index (χ3v) is 4.01. The van der Waals surface area contributed by atoms with Gasteiger partial charge in [0.1, 0.15) is 0 Å². The predicted molar refractivity (Wildman–Crippen MR) is 79.0 cm³/mol. The number of piperidine rings is 1. The summed E-state index contributed by atoms with van der Waals surface area (Å²) in [7, 11) is 0. The van der Waals surface area contributed by atoms with Crippen molar-refractivity contribution in [2.75, 3.05) is 18.0 Å². The van der Waals surface area contributed by atoms with E-state index in [4.69, 9.17) is 4.74 Å². The molecule has 2 aliphatic rings. The first-order valence-corrected chi connectivity index (χ1v) is 7.29. The highest BCUT2D eigenvalue weighted by atomic mass is 16.6. The van der Waals surface area contributed by atoms with Crippen molar-refractivity contribution in [2.45, 2.75) is 38.3 Å². The summed E-state index contributed by atoms with van der Waals surface area (Å²) in [6.45, 7) is 5.02. The minimum absolute atomic E-state index is 0.0230. The highest BCUT2D eigenvalue weighted by Crippen LogP contribution is 2.39. The summed E-state index contributed by atoms with van der Waals surface area (Å²) in [6, 6.07) is 2.79. The average molecular weight is 306 g/mol. The lowest BCUT2D eigenvalue weighted by Crippen LogP contribution is -2.58. The first-order chi connectivity index (χ1) is 10.4. The van der Waals surface area contributed by atoms with E-state index < -0.39 is 10.5 Å². The molecule has 0 atom stereocenters. The minimum atomic E-state index is -1.00. The molecule has 22 heavy (non-hydrogen) atoms. The summed E-state index contributed by atoms with van der Waals surface area (Å²) < 4.78 is 5.70. The third-order valence-electron chi connectivity index (χ3n) is 4.01. The van der Waals surface area contributed by atoms with E-state index in [1.807, 2.05) is 0 Å². The van der Waals surface area contributed by atoms with Crippen LogP contribution >= 0.6 is 0 Å². The first kappa shape index (κ1) is 14.7. The van der Waals surface area contributed by atoms with Crippen molar-refractivity contribution in [1.29, 1.82) is 0 Å². The second kappa shape index (κ2) is 5.20. The van der Waals surface area contributed by atoms with Crippen LogP contribution in [0.4, 0.5) is 11.6 Å².